The lowest BCUT2D eigenvalue weighted by atomic mass is 10.0. The van der Waals surface area contributed by atoms with Gasteiger partial charge in [-0.05, 0) is 36.5 Å². The van der Waals surface area contributed by atoms with E-state index >= 15 is 0 Å². The Labute approximate surface area is 204 Å². The van der Waals surface area contributed by atoms with Crippen LogP contribution in [0, 0.1) is 0 Å². The van der Waals surface area contributed by atoms with Gasteiger partial charge >= 0.3 is 6.09 Å². The van der Waals surface area contributed by atoms with E-state index in [4.69, 9.17) is 5.11 Å². The average Bonchev–Trinajstić information content (AvgIpc) is 3.14. The molecule has 3 rings (SSSR count). The van der Waals surface area contributed by atoms with Crippen LogP contribution in [0.3, 0.4) is 0 Å². The predicted octanol–water partition coefficient (Wildman–Crippen LogP) is 2.45. The summed E-state index contributed by atoms with van der Waals surface area (Å²) in [6.45, 7) is 1.19. The first-order valence-corrected chi connectivity index (χ1v) is 12.3. The van der Waals surface area contributed by atoms with E-state index in [1.165, 1.54) is 4.90 Å². The molecule has 1 unspecified atom stereocenters. The summed E-state index contributed by atoms with van der Waals surface area (Å²) in [6.07, 6.45) is 6.90. The first-order valence-electron chi connectivity index (χ1n) is 12.3. The van der Waals surface area contributed by atoms with Gasteiger partial charge in [0.15, 0.2) is 0 Å². The molecule has 2 aliphatic heterocycles. The van der Waals surface area contributed by atoms with Crippen LogP contribution in [0.1, 0.15) is 85.7 Å². The van der Waals surface area contributed by atoms with Gasteiger partial charge in [0.2, 0.25) is 17.7 Å². The number of benzene rings is 1. The zero-order valence-corrected chi connectivity index (χ0v) is 19.9. The summed E-state index contributed by atoms with van der Waals surface area (Å²) < 4.78 is 0. The van der Waals surface area contributed by atoms with E-state index < -0.39 is 18.0 Å². The van der Waals surface area contributed by atoms with Crippen LogP contribution in [0.5, 0.6) is 0 Å². The number of hydrogen-bond acceptors (Lipinski definition) is 5. The third-order valence-corrected chi connectivity index (χ3v) is 6.43. The number of carbonyl (C=O) groups is 5. The van der Waals surface area contributed by atoms with Gasteiger partial charge in [0.05, 0.1) is 0 Å². The summed E-state index contributed by atoms with van der Waals surface area (Å²) in [7, 11) is 0. The molecule has 2 aliphatic rings. The maximum atomic E-state index is 12.8. The molecule has 190 valence electrons. The second-order valence-corrected chi connectivity index (χ2v) is 9.12. The smallest absolute Gasteiger partial charge is 0.404 e. The molecule has 10 nitrogen and oxygen atoms in total. The van der Waals surface area contributed by atoms with Crippen LogP contribution in [-0.4, -0.2) is 52.3 Å². The number of rotatable bonds is 13. The molecule has 4 N–H and O–H groups in total. The van der Waals surface area contributed by atoms with Crippen molar-refractivity contribution < 1.29 is 29.1 Å². The highest BCUT2D eigenvalue weighted by Crippen LogP contribution is 2.28. The number of carbonyl (C=O) groups excluding carboxylic acids is 4. The summed E-state index contributed by atoms with van der Waals surface area (Å²) in [5.41, 5.74) is 2.28. The van der Waals surface area contributed by atoms with E-state index in [1.54, 1.807) is 6.07 Å². The highest BCUT2D eigenvalue weighted by Gasteiger charge is 2.39. The average molecular weight is 487 g/mol. The normalized spacial score (nSPS) is 17.2. The van der Waals surface area contributed by atoms with Crippen LogP contribution >= 0.6 is 0 Å². The van der Waals surface area contributed by atoms with Crippen LogP contribution < -0.4 is 16.0 Å². The predicted molar refractivity (Wildman–Crippen MR) is 127 cm³/mol. The molecule has 35 heavy (non-hydrogen) atoms. The molecule has 0 saturated carbocycles. The standard InChI is InChI=1S/C25H34N4O6/c30-21(8-6-4-2-1-3-5-7-13-26-25(34)35)27-15-17-9-10-19-18(14-17)16-29(24(19)33)20-11-12-22(31)28-23(20)32/h9-10,14,20,26H,1-8,11-13,15-16H2,(H,27,30)(H,34,35)(H,28,31,32). The van der Waals surface area contributed by atoms with Crippen LogP contribution in [0.25, 0.3) is 0 Å². The second kappa shape index (κ2) is 12.9. The van der Waals surface area contributed by atoms with Crippen LogP contribution in [-0.2, 0) is 27.5 Å². The lowest BCUT2D eigenvalue weighted by Crippen LogP contribution is -2.52. The largest absolute Gasteiger partial charge is 0.465 e. The molecule has 1 atom stereocenters. The number of nitrogens with one attached hydrogen (secondary N) is 3. The maximum Gasteiger partial charge on any atom is 0.404 e. The van der Waals surface area contributed by atoms with Crippen molar-refractivity contribution in [3.63, 3.8) is 0 Å². The third-order valence-electron chi connectivity index (χ3n) is 6.43. The topological polar surface area (TPSA) is 145 Å². The SMILES string of the molecule is O=C(O)NCCCCCCCCCC(=O)NCc1ccc2c(c1)CN(C1CCC(=O)NC1=O)C2=O. The molecule has 0 aliphatic carbocycles. The molecule has 2 heterocycles. The highest BCUT2D eigenvalue weighted by atomic mass is 16.4. The molecule has 5 amide bonds. The van der Waals surface area contributed by atoms with Gasteiger partial charge < -0.3 is 20.6 Å². The molecule has 1 aromatic rings. The van der Waals surface area contributed by atoms with E-state index in [0.29, 0.717) is 38.0 Å². The van der Waals surface area contributed by atoms with Gasteiger partial charge in [0, 0.05) is 38.0 Å². The zero-order chi connectivity index (χ0) is 25.2. The number of piperidine rings is 1. The fraction of sp³-hybridized carbons (Fsp3) is 0.560. The van der Waals surface area contributed by atoms with E-state index in [9.17, 15) is 24.0 Å². The van der Waals surface area contributed by atoms with Crippen molar-refractivity contribution in [2.24, 2.45) is 0 Å². The molecule has 0 spiro atoms. The van der Waals surface area contributed by atoms with Gasteiger partial charge in [0.1, 0.15) is 6.04 Å². The molecule has 1 saturated heterocycles. The molecule has 0 aromatic heterocycles. The molecule has 1 aromatic carbocycles. The lowest BCUT2D eigenvalue weighted by Gasteiger charge is -2.29. The zero-order valence-electron chi connectivity index (χ0n) is 19.9. The minimum atomic E-state index is -0.981. The van der Waals surface area contributed by atoms with Crippen molar-refractivity contribution in [2.45, 2.75) is 83.3 Å². The number of nitrogens with zero attached hydrogens (tertiary/aromatic N) is 1. The van der Waals surface area contributed by atoms with E-state index in [2.05, 4.69) is 16.0 Å². The fourth-order valence-electron chi connectivity index (χ4n) is 4.52. The fourth-order valence-corrected chi connectivity index (χ4v) is 4.52. The highest BCUT2D eigenvalue weighted by molar-refractivity contribution is 6.05. The Bertz CT molecular complexity index is 963. The molecular formula is C25H34N4O6. The summed E-state index contributed by atoms with van der Waals surface area (Å²) in [4.78, 5) is 60.4. The molecule has 10 heteroatoms. The van der Waals surface area contributed by atoms with Gasteiger partial charge in [0.25, 0.3) is 5.91 Å². The monoisotopic (exact) mass is 486 g/mol. The minimum absolute atomic E-state index is 0.00788. The Morgan fingerprint density at radius 3 is 2.43 bits per heavy atom. The third kappa shape index (κ3) is 7.80. The first kappa shape index (κ1) is 26.2. The number of unbranched alkanes of at least 4 members (excludes halogenated alkanes) is 6. The maximum absolute atomic E-state index is 12.8. The van der Waals surface area contributed by atoms with Gasteiger partial charge in [-0.1, -0.05) is 44.2 Å². The number of carboxylic acid groups (broad SMARTS) is 1. The minimum Gasteiger partial charge on any atom is -0.465 e. The lowest BCUT2D eigenvalue weighted by molar-refractivity contribution is -0.137. The molecule has 1 fully saturated rings. The molecule has 0 bridgehead atoms. The van der Waals surface area contributed by atoms with Crippen molar-refractivity contribution in [1.82, 2.24) is 20.9 Å². The summed E-state index contributed by atoms with van der Waals surface area (Å²) in [5, 5.41) is 16.1. The molecular weight excluding hydrogens is 452 g/mol. The van der Waals surface area contributed by atoms with Gasteiger partial charge in [-0.2, -0.15) is 0 Å². The van der Waals surface area contributed by atoms with E-state index in [-0.39, 0.29) is 24.1 Å². The van der Waals surface area contributed by atoms with Gasteiger partial charge in [-0.3, -0.25) is 24.5 Å². The second-order valence-electron chi connectivity index (χ2n) is 9.12. The van der Waals surface area contributed by atoms with Crippen LogP contribution in [0.2, 0.25) is 0 Å². The van der Waals surface area contributed by atoms with E-state index in [1.807, 2.05) is 12.1 Å². The Morgan fingerprint density at radius 2 is 1.71 bits per heavy atom. The van der Waals surface area contributed by atoms with Crippen molar-refractivity contribution in [2.75, 3.05) is 6.54 Å². The Balaban J connectivity index is 1.32. The number of fused-ring (bicyclic) bond motifs is 1. The Morgan fingerprint density at radius 1 is 1.00 bits per heavy atom. The Kier molecular flexibility index (Phi) is 9.63. The van der Waals surface area contributed by atoms with Crippen LogP contribution in [0.15, 0.2) is 18.2 Å². The summed E-state index contributed by atoms with van der Waals surface area (Å²) >= 11 is 0. The summed E-state index contributed by atoms with van der Waals surface area (Å²) in [5.74, 6) is -0.951. The number of amides is 5. The number of imide groups is 1. The van der Waals surface area contributed by atoms with Crippen molar-refractivity contribution in [1.29, 1.82) is 0 Å². The van der Waals surface area contributed by atoms with Gasteiger partial charge in [-0.25, -0.2) is 4.79 Å². The Hall–Kier alpha value is -3.43. The summed E-state index contributed by atoms with van der Waals surface area (Å²) in [6, 6.07) is 4.81. The van der Waals surface area contributed by atoms with Crippen molar-refractivity contribution in [3.8, 4) is 0 Å². The number of hydrogen-bond donors (Lipinski definition) is 4. The molecule has 0 radical (unpaired) electrons. The van der Waals surface area contributed by atoms with Crippen LogP contribution in [0.4, 0.5) is 4.79 Å². The van der Waals surface area contributed by atoms with Gasteiger partial charge in [-0.15, -0.1) is 0 Å². The van der Waals surface area contributed by atoms with Crippen molar-refractivity contribution >= 4 is 29.7 Å². The quantitative estimate of drug-likeness (QED) is 0.249. The van der Waals surface area contributed by atoms with Crippen molar-refractivity contribution in [3.05, 3.63) is 34.9 Å². The van der Waals surface area contributed by atoms with E-state index in [0.717, 1.165) is 56.1 Å². The first-order chi connectivity index (χ1) is 16.8.